The standard InChI is InChI=1S/C17H34O3Si/c1-8-9-10-11-12-13-15(14(2)16(18)19)20-21(6,7)17(3,4)5/h8-9,14-15H,10-13H2,1-7H3,(H,18,19)/b9-8+. The van der Waals surface area contributed by atoms with Gasteiger partial charge in [0, 0.05) is 0 Å². The van der Waals surface area contributed by atoms with Gasteiger partial charge in [-0.2, -0.15) is 0 Å². The lowest BCUT2D eigenvalue weighted by Gasteiger charge is -2.40. The van der Waals surface area contributed by atoms with Gasteiger partial charge in [-0.3, -0.25) is 4.79 Å². The summed E-state index contributed by atoms with van der Waals surface area (Å²) in [6.07, 6.45) is 8.04. The molecular formula is C17H34O3Si. The van der Waals surface area contributed by atoms with Crippen molar-refractivity contribution in [1.29, 1.82) is 0 Å². The third-order valence-electron chi connectivity index (χ3n) is 4.54. The number of carboxylic acid groups (broad SMARTS) is 1. The van der Waals surface area contributed by atoms with Crippen LogP contribution >= 0.6 is 0 Å². The summed E-state index contributed by atoms with van der Waals surface area (Å²) in [6.45, 7) is 14.7. The SMILES string of the molecule is C/C=C/CCCCC(O[Si](C)(C)C(C)(C)C)C(C)C(=O)O. The van der Waals surface area contributed by atoms with Gasteiger partial charge in [-0.1, -0.05) is 39.3 Å². The lowest BCUT2D eigenvalue weighted by molar-refractivity contribution is -0.144. The van der Waals surface area contributed by atoms with Gasteiger partial charge >= 0.3 is 5.97 Å². The van der Waals surface area contributed by atoms with Gasteiger partial charge in [0.15, 0.2) is 8.32 Å². The molecule has 0 aromatic carbocycles. The Bertz CT molecular complexity index is 342. The molecule has 0 aliphatic heterocycles. The summed E-state index contributed by atoms with van der Waals surface area (Å²) in [4.78, 5) is 11.3. The predicted octanol–water partition coefficient (Wildman–Crippen LogP) is 5.23. The van der Waals surface area contributed by atoms with E-state index in [9.17, 15) is 9.90 Å². The van der Waals surface area contributed by atoms with Gasteiger partial charge in [0.05, 0.1) is 12.0 Å². The van der Waals surface area contributed by atoms with Crippen molar-refractivity contribution in [2.45, 2.75) is 84.5 Å². The second-order valence-corrected chi connectivity index (χ2v) is 12.2. The fourth-order valence-corrected chi connectivity index (χ4v) is 3.33. The molecule has 1 N–H and O–H groups in total. The van der Waals surface area contributed by atoms with E-state index in [4.69, 9.17) is 4.43 Å². The molecule has 4 heteroatoms. The first-order valence-corrected chi connectivity index (χ1v) is 11.0. The summed E-state index contributed by atoms with van der Waals surface area (Å²) in [7, 11) is -1.93. The van der Waals surface area contributed by atoms with Crippen LogP contribution in [0.4, 0.5) is 0 Å². The minimum Gasteiger partial charge on any atom is -0.481 e. The van der Waals surface area contributed by atoms with Crippen LogP contribution < -0.4 is 0 Å². The van der Waals surface area contributed by atoms with E-state index in [0.29, 0.717) is 0 Å². The topological polar surface area (TPSA) is 46.5 Å². The van der Waals surface area contributed by atoms with Gasteiger partial charge in [0.1, 0.15) is 0 Å². The number of unbranched alkanes of at least 4 members (excludes halogenated alkanes) is 2. The molecule has 0 bridgehead atoms. The number of rotatable bonds is 9. The molecule has 124 valence electrons. The van der Waals surface area contributed by atoms with Gasteiger partial charge in [-0.05, 0) is 51.2 Å². The molecule has 21 heavy (non-hydrogen) atoms. The minimum absolute atomic E-state index is 0.106. The molecule has 0 fully saturated rings. The van der Waals surface area contributed by atoms with Gasteiger partial charge in [-0.25, -0.2) is 0 Å². The number of allylic oxidation sites excluding steroid dienone is 2. The number of carbonyl (C=O) groups is 1. The molecule has 2 atom stereocenters. The van der Waals surface area contributed by atoms with Crippen LogP contribution in [0.1, 0.15) is 60.3 Å². The van der Waals surface area contributed by atoms with Crippen molar-refractivity contribution in [3.05, 3.63) is 12.2 Å². The Balaban J connectivity index is 4.72. The second kappa shape index (κ2) is 8.74. The molecule has 0 saturated heterocycles. The average molecular weight is 315 g/mol. The molecule has 0 spiro atoms. The first kappa shape index (κ1) is 20.4. The van der Waals surface area contributed by atoms with Crippen molar-refractivity contribution in [3.63, 3.8) is 0 Å². The Morgan fingerprint density at radius 2 is 1.86 bits per heavy atom. The fraction of sp³-hybridized carbons (Fsp3) is 0.824. The van der Waals surface area contributed by atoms with Crippen molar-refractivity contribution >= 4 is 14.3 Å². The van der Waals surface area contributed by atoms with E-state index in [1.54, 1.807) is 6.92 Å². The van der Waals surface area contributed by atoms with E-state index in [1.807, 2.05) is 6.92 Å². The van der Waals surface area contributed by atoms with E-state index < -0.39 is 20.2 Å². The maximum atomic E-state index is 11.3. The van der Waals surface area contributed by atoms with E-state index in [1.165, 1.54) is 0 Å². The number of hydrogen-bond acceptors (Lipinski definition) is 2. The van der Waals surface area contributed by atoms with Gasteiger partial charge in [0.2, 0.25) is 0 Å². The van der Waals surface area contributed by atoms with Crippen LogP contribution in [0.25, 0.3) is 0 Å². The zero-order valence-corrected chi connectivity index (χ0v) is 15.9. The minimum atomic E-state index is -1.93. The van der Waals surface area contributed by atoms with Gasteiger partial charge < -0.3 is 9.53 Å². The molecule has 3 nitrogen and oxygen atoms in total. The van der Waals surface area contributed by atoms with Crippen molar-refractivity contribution in [2.24, 2.45) is 5.92 Å². The van der Waals surface area contributed by atoms with Crippen LogP contribution in [-0.4, -0.2) is 25.5 Å². The lowest BCUT2D eigenvalue weighted by Crippen LogP contribution is -2.46. The summed E-state index contributed by atoms with van der Waals surface area (Å²) in [6, 6.07) is 0. The largest absolute Gasteiger partial charge is 0.481 e. The quantitative estimate of drug-likeness (QED) is 0.360. The Morgan fingerprint density at radius 1 is 1.29 bits per heavy atom. The highest BCUT2D eigenvalue weighted by atomic mass is 28.4. The van der Waals surface area contributed by atoms with Gasteiger partial charge in [-0.15, -0.1) is 0 Å². The monoisotopic (exact) mass is 314 g/mol. The molecule has 2 unspecified atom stereocenters. The summed E-state index contributed by atoms with van der Waals surface area (Å²) < 4.78 is 6.37. The summed E-state index contributed by atoms with van der Waals surface area (Å²) >= 11 is 0. The van der Waals surface area contributed by atoms with E-state index in [0.717, 1.165) is 25.7 Å². The Kier molecular flexibility index (Phi) is 8.48. The molecule has 0 heterocycles. The Labute approximate surface area is 131 Å². The number of carboxylic acids is 1. The zero-order valence-electron chi connectivity index (χ0n) is 14.9. The fourth-order valence-electron chi connectivity index (χ4n) is 1.90. The number of hydrogen-bond donors (Lipinski definition) is 1. The molecule has 0 rings (SSSR count). The Morgan fingerprint density at radius 3 is 2.29 bits per heavy atom. The van der Waals surface area contributed by atoms with E-state index in [2.05, 4.69) is 46.0 Å². The van der Waals surface area contributed by atoms with Crippen molar-refractivity contribution in [2.75, 3.05) is 0 Å². The summed E-state index contributed by atoms with van der Waals surface area (Å²) in [5.74, 6) is -1.20. The molecule has 0 amide bonds. The Hall–Kier alpha value is -0.613. The number of aliphatic carboxylic acids is 1. The first-order chi connectivity index (χ1) is 9.53. The van der Waals surface area contributed by atoms with Gasteiger partial charge in [0.25, 0.3) is 0 Å². The molecule has 0 aliphatic carbocycles. The second-order valence-electron chi connectivity index (χ2n) is 7.40. The van der Waals surface area contributed by atoms with Crippen LogP contribution in [0, 0.1) is 5.92 Å². The highest BCUT2D eigenvalue weighted by Gasteiger charge is 2.40. The van der Waals surface area contributed by atoms with Crippen LogP contribution in [0.15, 0.2) is 12.2 Å². The predicted molar refractivity (Wildman–Crippen MR) is 92.2 cm³/mol. The summed E-state index contributed by atoms with van der Waals surface area (Å²) in [5, 5.41) is 9.42. The molecule has 0 aliphatic rings. The lowest BCUT2D eigenvalue weighted by atomic mass is 9.99. The van der Waals surface area contributed by atoms with Crippen LogP contribution in [-0.2, 0) is 9.22 Å². The third-order valence-corrected chi connectivity index (χ3v) is 9.05. The van der Waals surface area contributed by atoms with E-state index in [-0.39, 0.29) is 11.1 Å². The van der Waals surface area contributed by atoms with Crippen LogP contribution in [0.2, 0.25) is 18.1 Å². The van der Waals surface area contributed by atoms with Crippen LogP contribution in [0.3, 0.4) is 0 Å². The van der Waals surface area contributed by atoms with E-state index >= 15 is 0 Å². The average Bonchev–Trinajstić information content (AvgIpc) is 2.34. The first-order valence-electron chi connectivity index (χ1n) is 8.04. The van der Waals surface area contributed by atoms with Crippen LogP contribution in [0.5, 0.6) is 0 Å². The zero-order chi connectivity index (χ0) is 16.7. The molecular weight excluding hydrogens is 280 g/mol. The maximum absolute atomic E-state index is 11.3. The molecule has 0 saturated carbocycles. The maximum Gasteiger partial charge on any atom is 0.308 e. The normalized spacial score (nSPS) is 16.1. The van der Waals surface area contributed by atoms with Crippen molar-refractivity contribution in [1.82, 2.24) is 0 Å². The summed E-state index contributed by atoms with van der Waals surface area (Å²) in [5.41, 5.74) is 0. The molecule has 0 aromatic heterocycles. The molecule has 0 radical (unpaired) electrons. The smallest absolute Gasteiger partial charge is 0.308 e. The third kappa shape index (κ3) is 7.27. The van der Waals surface area contributed by atoms with Crippen molar-refractivity contribution in [3.8, 4) is 0 Å². The van der Waals surface area contributed by atoms with Crippen molar-refractivity contribution < 1.29 is 14.3 Å². The highest BCUT2D eigenvalue weighted by molar-refractivity contribution is 6.74. The highest BCUT2D eigenvalue weighted by Crippen LogP contribution is 2.38. The molecule has 0 aromatic rings.